The zero-order valence-corrected chi connectivity index (χ0v) is 7.87. The van der Waals surface area contributed by atoms with Crippen LogP contribution in [0.5, 0.6) is 0 Å². The Morgan fingerprint density at radius 1 is 1.20 bits per heavy atom. The summed E-state index contributed by atoms with van der Waals surface area (Å²) in [6.07, 6.45) is 7.03. The van der Waals surface area contributed by atoms with Crippen LogP contribution < -0.4 is 0 Å². The van der Waals surface area contributed by atoms with Crippen molar-refractivity contribution in [2.24, 2.45) is 0 Å². The molecule has 0 unspecified atom stereocenters. The molecule has 1 aliphatic rings. The summed E-state index contributed by atoms with van der Waals surface area (Å²) in [6.45, 7) is 0. The number of hydrogen-bond acceptors (Lipinski definition) is 3. The van der Waals surface area contributed by atoms with E-state index in [0.717, 1.165) is 5.56 Å². The topological polar surface area (TPSA) is 52.4 Å². The Hall–Kier alpha value is -2.10. The molecule has 1 aliphatic heterocycles. The monoisotopic (exact) mass is 203 g/mol. The SMILES string of the molecule is O=[N+]([O-])c1ccc([C@H]2C=CC=CO2)cc1. The van der Waals surface area contributed by atoms with Gasteiger partial charge in [-0.25, -0.2) is 0 Å². The predicted molar refractivity (Wildman–Crippen MR) is 55.2 cm³/mol. The molecule has 1 aromatic rings. The number of ether oxygens (including phenoxy) is 1. The van der Waals surface area contributed by atoms with Gasteiger partial charge < -0.3 is 4.74 Å². The second-order valence-corrected chi connectivity index (χ2v) is 3.12. The van der Waals surface area contributed by atoms with Crippen LogP contribution in [0.1, 0.15) is 11.7 Å². The summed E-state index contributed by atoms with van der Waals surface area (Å²) in [7, 11) is 0. The molecule has 4 nitrogen and oxygen atoms in total. The van der Waals surface area contributed by atoms with Crippen LogP contribution in [-0.4, -0.2) is 4.92 Å². The molecule has 0 fully saturated rings. The van der Waals surface area contributed by atoms with Crippen LogP contribution in [0.15, 0.2) is 48.8 Å². The third-order valence-electron chi connectivity index (χ3n) is 2.13. The molecule has 1 atom stereocenters. The normalized spacial score (nSPS) is 18.5. The second-order valence-electron chi connectivity index (χ2n) is 3.12. The minimum atomic E-state index is -0.415. The first-order chi connectivity index (χ1) is 7.27. The van der Waals surface area contributed by atoms with Gasteiger partial charge in [-0.1, -0.05) is 6.08 Å². The molecular weight excluding hydrogens is 194 g/mol. The van der Waals surface area contributed by atoms with E-state index in [1.54, 1.807) is 24.5 Å². The molecule has 0 saturated carbocycles. The number of rotatable bonds is 2. The van der Waals surface area contributed by atoms with Gasteiger partial charge in [0, 0.05) is 12.1 Å². The van der Waals surface area contributed by atoms with Crippen LogP contribution in [0.25, 0.3) is 0 Å². The lowest BCUT2D eigenvalue weighted by molar-refractivity contribution is -0.384. The lowest BCUT2D eigenvalue weighted by atomic mass is 10.1. The molecule has 76 valence electrons. The number of nitro benzene ring substituents is 1. The zero-order chi connectivity index (χ0) is 10.7. The number of benzene rings is 1. The van der Waals surface area contributed by atoms with Gasteiger partial charge in [0.15, 0.2) is 0 Å². The number of allylic oxidation sites excluding steroid dienone is 2. The average molecular weight is 203 g/mol. The minimum absolute atomic E-state index is 0.0917. The highest BCUT2D eigenvalue weighted by Crippen LogP contribution is 2.23. The summed E-state index contributed by atoms with van der Waals surface area (Å²) >= 11 is 0. The first kappa shape index (κ1) is 9.45. The van der Waals surface area contributed by atoms with E-state index in [0.29, 0.717) is 0 Å². The average Bonchev–Trinajstić information content (AvgIpc) is 2.30. The van der Waals surface area contributed by atoms with Crippen molar-refractivity contribution < 1.29 is 9.66 Å². The van der Waals surface area contributed by atoms with E-state index in [-0.39, 0.29) is 11.8 Å². The maximum absolute atomic E-state index is 10.4. The van der Waals surface area contributed by atoms with Gasteiger partial charge in [-0.2, -0.15) is 0 Å². The van der Waals surface area contributed by atoms with E-state index >= 15 is 0 Å². The Morgan fingerprint density at radius 3 is 2.47 bits per heavy atom. The molecule has 0 bridgehead atoms. The first-order valence-electron chi connectivity index (χ1n) is 4.50. The van der Waals surface area contributed by atoms with Crippen molar-refractivity contribution in [3.63, 3.8) is 0 Å². The molecular formula is C11H9NO3. The Labute approximate surface area is 86.6 Å². The smallest absolute Gasteiger partial charge is 0.269 e. The molecule has 0 aliphatic carbocycles. The van der Waals surface area contributed by atoms with Crippen molar-refractivity contribution in [2.45, 2.75) is 6.10 Å². The molecule has 0 N–H and O–H groups in total. The van der Waals surface area contributed by atoms with Crippen molar-refractivity contribution in [3.8, 4) is 0 Å². The predicted octanol–water partition coefficient (Wildman–Crippen LogP) is 2.74. The van der Waals surface area contributed by atoms with Crippen molar-refractivity contribution in [1.82, 2.24) is 0 Å². The van der Waals surface area contributed by atoms with Crippen molar-refractivity contribution in [3.05, 3.63) is 64.4 Å². The van der Waals surface area contributed by atoms with Crippen molar-refractivity contribution in [1.29, 1.82) is 0 Å². The number of hydrogen-bond donors (Lipinski definition) is 0. The highest BCUT2D eigenvalue weighted by molar-refractivity contribution is 5.35. The van der Waals surface area contributed by atoms with E-state index in [1.165, 1.54) is 12.1 Å². The maximum atomic E-state index is 10.4. The number of non-ortho nitro benzene ring substituents is 1. The van der Waals surface area contributed by atoms with Crippen LogP contribution in [0.3, 0.4) is 0 Å². The molecule has 15 heavy (non-hydrogen) atoms. The fourth-order valence-corrected chi connectivity index (χ4v) is 1.36. The Bertz CT molecular complexity index is 420. The zero-order valence-electron chi connectivity index (χ0n) is 7.87. The van der Waals surface area contributed by atoms with Gasteiger partial charge in [-0.15, -0.1) is 0 Å². The molecule has 2 rings (SSSR count). The third kappa shape index (κ3) is 2.04. The fourth-order valence-electron chi connectivity index (χ4n) is 1.36. The van der Waals surface area contributed by atoms with Gasteiger partial charge in [0.2, 0.25) is 0 Å². The van der Waals surface area contributed by atoms with Crippen LogP contribution in [0.2, 0.25) is 0 Å². The summed E-state index contributed by atoms with van der Waals surface area (Å²) in [5.74, 6) is 0. The highest BCUT2D eigenvalue weighted by Gasteiger charge is 2.11. The van der Waals surface area contributed by atoms with Crippen LogP contribution in [0, 0.1) is 10.1 Å². The van der Waals surface area contributed by atoms with E-state index in [9.17, 15) is 10.1 Å². The van der Waals surface area contributed by atoms with Gasteiger partial charge >= 0.3 is 0 Å². The molecule has 1 aromatic carbocycles. The Morgan fingerprint density at radius 2 is 1.93 bits per heavy atom. The van der Waals surface area contributed by atoms with Crippen molar-refractivity contribution in [2.75, 3.05) is 0 Å². The van der Waals surface area contributed by atoms with Gasteiger partial charge in [-0.3, -0.25) is 10.1 Å². The number of nitro groups is 1. The number of nitrogens with zero attached hydrogens (tertiary/aromatic N) is 1. The second kappa shape index (κ2) is 3.96. The van der Waals surface area contributed by atoms with Gasteiger partial charge in [-0.05, 0) is 29.8 Å². The Balaban J connectivity index is 2.20. The van der Waals surface area contributed by atoms with Gasteiger partial charge in [0.05, 0.1) is 11.2 Å². The molecule has 1 heterocycles. The summed E-state index contributed by atoms with van der Waals surface area (Å²) in [5, 5.41) is 10.4. The largest absolute Gasteiger partial charge is 0.489 e. The quantitative estimate of drug-likeness (QED) is 0.548. The summed E-state index contributed by atoms with van der Waals surface area (Å²) in [5.41, 5.74) is 0.996. The molecule has 0 amide bonds. The fraction of sp³-hybridized carbons (Fsp3) is 0.0909. The van der Waals surface area contributed by atoms with Gasteiger partial charge in [0.1, 0.15) is 6.10 Å². The lowest BCUT2D eigenvalue weighted by Gasteiger charge is -2.14. The summed E-state index contributed by atoms with van der Waals surface area (Å²) in [6, 6.07) is 6.36. The lowest BCUT2D eigenvalue weighted by Crippen LogP contribution is -1.99. The van der Waals surface area contributed by atoms with Crippen molar-refractivity contribution >= 4 is 5.69 Å². The van der Waals surface area contributed by atoms with E-state index in [2.05, 4.69) is 0 Å². The van der Waals surface area contributed by atoms with E-state index in [4.69, 9.17) is 4.74 Å². The minimum Gasteiger partial charge on any atom is -0.489 e. The standard InChI is InChI=1S/C11H9NO3/c13-12(14)10-6-4-9(5-7-10)11-3-1-2-8-15-11/h1-8,11H/t11-/m1/s1. The van der Waals surface area contributed by atoms with Gasteiger partial charge in [0.25, 0.3) is 5.69 Å². The summed E-state index contributed by atoms with van der Waals surface area (Å²) < 4.78 is 5.33. The van der Waals surface area contributed by atoms with Crippen LogP contribution >= 0.6 is 0 Å². The molecule has 0 spiro atoms. The highest BCUT2D eigenvalue weighted by atomic mass is 16.6. The molecule has 0 saturated heterocycles. The first-order valence-corrected chi connectivity index (χ1v) is 4.50. The molecule has 4 heteroatoms. The molecule has 0 radical (unpaired) electrons. The Kier molecular flexibility index (Phi) is 2.49. The third-order valence-corrected chi connectivity index (χ3v) is 2.13. The van der Waals surface area contributed by atoms with Crippen LogP contribution in [0.4, 0.5) is 5.69 Å². The summed E-state index contributed by atoms with van der Waals surface area (Å²) in [4.78, 5) is 10.0. The van der Waals surface area contributed by atoms with E-state index < -0.39 is 4.92 Å². The van der Waals surface area contributed by atoms with Crippen LogP contribution in [-0.2, 0) is 4.74 Å². The maximum Gasteiger partial charge on any atom is 0.269 e. The van der Waals surface area contributed by atoms with E-state index in [1.807, 2.05) is 12.2 Å². The molecule has 0 aromatic heterocycles.